The lowest BCUT2D eigenvalue weighted by Gasteiger charge is -2.22. The highest BCUT2D eigenvalue weighted by Gasteiger charge is 2.29. The van der Waals surface area contributed by atoms with Crippen LogP contribution in [0.15, 0.2) is 42.5 Å². The van der Waals surface area contributed by atoms with Crippen molar-refractivity contribution in [1.82, 2.24) is 20.9 Å². The quantitative estimate of drug-likeness (QED) is 0.629. The highest BCUT2D eigenvalue weighted by atomic mass is 35.5. The molecule has 0 bridgehead atoms. The van der Waals surface area contributed by atoms with Gasteiger partial charge < -0.3 is 16.0 Å². The van der Waals surface area contributed by atoms with Crippen molar-refractivity contribution >= 4 is 45.1 Å². The number of aryl methyl sites for hydroxylation is 1. The molecule has 27 heavy (non-hydrogen) atoms. The highest BCUT2D eigenvalue weighted by Crippen LogP contribution is 2.29. The number of urea groups is 1. The van der Waals surface area contributed by atoms with Crippen LogP contribution < -0.4 is 16.0 Å². The summed E-state index contributed by atoms with van der Waals surface area (Å²) in [5, 5.41) is 9.89. The molecule has 1 aliphatic heterocycles. The number of nitrogens with one attached hydrogen (secondary N) is 3. The Hall–Kier alpha value is -2.64. The van der Waals surface area contributed by atoms with Crippen molar-refractivity contribution in [2.24, 2.45) is 0 Å². The molecule has 3 amide bonds. The van der Waals surface area contributed by atoms with Crippen LogP contribution in [0.4, 0.5) is 4.79 Å². The molecule has 8 heteroatoms. The molecule has 0 spiro atoms. The zero-order valence-electron chi connectivity index (χ0n) is 14.5. The van der Waals surface area contributed by atoms with Gasteiger partial charge in [-0.2, -0.15) is 0 Å². The minimum absolute atomic E-state index is 0.242. The number of hydrogen-bond donors (Lipinski definition) is 3. The molecule has 0 aliphatic carbocycles. The number of rotatable bonds is 4. The fourth-order valence-corrected chi connectivity index (χ4v) is 4.11. The van der Waals surface area contributed by atoms with Gasteiger partial charge in [-0.3, -0.25) is 4.79 Å². The van der Waals surface area contributed by atoms with Gasteiger partial charge >= 0.3 is 6.03 Å². The van der Waals surface area contributed by atoms with Crippen molar-refractivity contribution in [2.45, 2.75) is 19.0 Å². The van der Waals surface area contributed by atoms with Crippen LogP contribution in [-0.2, 0) is 4.79 Å². The van der Waals surface area contributed by atoms with Crippen LogP contribution in [0.1, 0.15) is 22.2 Å². The number of halogens is 1. The molecule has 2 aromatic carbocycles. The van der Waals surface area contributed by atoms with Gasteiger partial charge in [-0.25, -0.2) is 9.78 Å². The topological polar surface area (TPSA) is 83.1 Å². The summed E-state index contributed by atoms with van der Waals surface area (Å²) in [6.07, 6.45) is 0. The molecule has 3 aromatic rings. The Balaban J connectivity index is 1.69. The molecule has 4 rings (SSSR count). The first kappa shape index (κ1) is 17.8. The summed E-state index contributed by atoms with van der Waals surface area (Å²) < 4.78 is 1.06. The molecule has 3 N–H and O–H groups in total. The van der Waals surface area contributed by atoms with Crippen molar-refractivity contribution in [3.63, 3.8) is 0 Å². The summed E-state index contributed by atoms with van der Waals surface area (Å²) in [7, 11) is 0. The summed E-state index contributed by atoms with van der Waals surface area (Å²) in [6.45, 7) is 2.24. The van der Waals surface area contributed by atoms with E-state index >= 15 is 0 Å². The SMILES string of the molecule is Cc1nc2ccc([C@@H](NC(=O)[C@@H]3CNC(=O)N3)c3ccc(Cl)cc3)cc2s1. The molecule has 0 saturated carbocycles. The monoisotopic (exact) mass is 400 g/mol. The fourth-order valence-electron chi connectivity index (χ4n) is 3.11. The zero-order chi connectivity index (χ0) is 19.0. The first-order valence-corrected chi connectivity index (χ1v) is 9.66. The third-order valence-electron chi connectivity index (χ3n) is 4.43. The second-order valence-electron chi connectivity index (χ2n) is 6.36. The lowest BCUT2D eigenvalue weighted by atomic mass is 9.98. The normalized spacial score (nSPS) is 17.4. The minimum Gasteiger partial charge on any atom is -0.343 e. The van der Waals surface area contributed by atoms with Gasteiger partial charge in [0.1, 0.15) is 6.04 Å². The number of carbonyl (C=O) groups is 2. The van der Waals surface area contributed by atoms with Gasteiger partial charge in [0.25, 0.3) is 0 Å². The minimum atomic E-state index is -0.596. The molecule has 2 heterocycles. The number of thiazole rings is 1. The van der Waals surface area contributed by atoms with Gasteiger partial charge in [0.2, 0.25) is 5.91 Å². The maximum atomic E-state index is 12.7. The molecule has 1 fully saturated rings. The maximum absolute atomic E-state index is 12.7. The van der Waals surface area contributed by atoms with Crippen LogP contribution in [0.2, 0.25) is 5.02 Å². The fraction of sp³-hybridized carbons (Fsp3) is 0.211. The predicted octanol–water partition coefficient (Wildman–Crippen LogP) is 3.15. The number of aromatic nitrogens is 1. The lowest BCUT2D eigenvalue weighted by Crippen LogP contribution is -2.44. The Labute approximate surface area is 164 Å². The molecule has 6 nitrogen and oxygen atoms in total. The third-order valence-corrected chi connectivity index (χ3v) is 5.62. The van der Waals surface area contributed by atoms with Crippen molar-refractivity contribution in [3.8, 4) is 0 Å². The summed E-state index contributed by atoms with van der Waals surface area (Å²) in [5.74, 6) is -0.242. The summed E-state index contributed by atoms with van der Waals surface area (Å²) in [4.78, 5) is 28.5. The maximum Gasteiger partial charge on any atom is 0.315 e. The number of benzene rings is 2. The molecule has 138 valence electrons. The standard InChI is InChI=1S/C19H17ClN4O2S/c1-10-22-14-7-4-12(8-16(14)27-10)17(11-2-5-13(20)6-3-11)24-18(25)15-9-21-19(26)23-15/h2-8,15,17H,9H2,1H3,(H,24,25)(H2,21,23,26)/t15-,17-/m0/s1. The molecule has 1 aliphatic rings. The average molecular weight is 401 g/mol. The van der Waals surface area contributed by atoms with Gasteiger partial charge in [0.05, 0.1) is 21.3 Å². The van der Waals surface area contributed by atoms with E-state index in [4.69, 9.17) is 11.6 Å². The number of amides is 3. The average Bonchev–Trinajstić information content (AvgIpc) is 3.24. The Morgan fingerprint density at radius 2 is 2.00 bits per heavy atom. The highest BCUT2D eigenvalue weighted by molar-refractivity contribution is 7.18. The number of hydrogen-bond acceptors (Lipinski definition) is 4. The Kier molecular flexibility index (Phi) is 4.72. The first-order valence-electron chi connectivity index (χ1n) is 8.47. The number of carbonyl (C=O) groups excluding carboxylic acids is 2. The van der Waals surface area contributed by atoms with Crippen LogP contribution in [0.3, 0.4) is 0 Å². The number of nitrogens with zero attached hydrogens (tertiary/aromatic N) is 1. The van der Waals surface area contributed by atoms with E-state index in [1.807, 2.05) is 37.3 Å². The Morgan fingerprint density at radius 3 is 2.70 bits per heavy atom. The van der Waals surface area contributed by atoms with Gasteiger partial charge in [0, 0.05) is 11.6 Å². The Morgan fingerprint density at radius 1 is 1.26 bits per heavy atom. The number of fused-ring (bicyclic) bond motifs is 1. The van der Waals surface area contributed by atoms with E-state index in [1.54, 1.807) is 23.5 Å². The van der Waals surface area contributed by atoms with E-state index in [9.17, 15) is 9.59 Å². The Bertz CT molecular complexity index is 1020. The second-order valence-corrected chi connectivity index (χ2v) is 8.03. The largest absolute Gasteiger partial charge is 0.343 e. The van der Waals surface area contributed by atoms with Crippen LogP contribution >= 0.6 is 22.9 Å². The van der Waals surface area contributed by atoms with Crippen LogP contribution in [0.5, 0.6) is 0 Å². The van der Waals surface area contributed by atoms with E-state index in [2.05, 4.69) is 20.9 Å². The van der Waals surface area contributed by atoms with E-state index in [-0.39, 0.29) is 24.5 Å². The second kappa shape index (κ2) is 7.17. The zero-order valence-corrected chi connectivity index (χ0v) is 16.0. The molecular weight excluding hydrogens is 384 g/mol. The lowest BCUT2D eigenvalue weighted by molar-refractivity contribution is -0.122. The molecule has 1 saturated heterocycles. The third kappa shape index (κ3) is 3.74. The molecule has 0 radical (unpaired) electrons. The van der Waals surface area contributed by atoms with Crippen LogP contribution in [-0.4, -0.2) is 29.5 Å². The van der Waals surface area contributed by atoms with Gasteiger partial charge in [0.15, 0.2) is 0 Å². The van der Waals surface area contributed by atoms with Gasteiger partial charge in [-0.1, -0.05) is 29.8 Å². The molecular formula is C19H17ClN4O2S. The first-order chi connectivity index (χ1) is 13.0. The van der Waals surface area contributed by atoms with Crippen molar-refractivity contribution in [1.29, 1.82) is 0 Å². The van der Waals surface area contributed by atoms with E-state index in [1.165, 1.54) is 0 Å². The predicted molar refractivity (Wildman–Crippen MR) is 106 cm³/mol. The summed E-state index contributed by atoms with van der Waals surface area (Å²) in [5.41, 5.74) is 2.79. The van der Waals surface area contributed by atoms with Gasteiger partial charge in [-0.05, 0) is 42.3 Å². The summed E-state index contributed by atoms with van der Waals surface area (Å²) in [6, 6.07) is 12.1. The van der Waals surface area contributed by atoms with Gasteiger partial charge in [-0.15, -0.1) is 11.3 Å². The van der Waals surface area contributed by atoms with Crippen LogP contribution in [0, 0.1) is 6.92 Å². The van der Waals surface area contributed by atoms with E-state index in [0.717, 1.165) is 26.4 Å². The molecule has 0 unspecified atom stereocenters. The van der Waals surface area contributed by atoms with Crippen LogP contribution in [0.25, 0.3) is 10.2 Å². The molecule has 2 atom stereocenters. The van der Waals surface area contributed by atoms with Crippen molar-refractivity contribution in [2.75, 3.05) is 6.54 Å². The van der Waals surface area contributed by atoms with E-state index in [0.29, 0.717) is 5.02 Å². The van der Waals surface area contributed by atoms with Crippen molar-refractivity contribution in [3.05, 3.63) is 63.6 Å². The molecule has 1 aromatic heterocycles. The van der Waals surface area contributed by atoms with Crippen molar-refractivity contribution < 1.29 is 9.59 Å². The summed E-state index contributed by atoms with van der Waals surface area (Å²) >= 11 is 7.63. The smallest absolute Gasteiger partial charge is 0.315 e. The van der Waals surface area contributed by atoms with E-state index < -0.39 is 6.04 Å².